The fourth-order valence-electron chi connectivity index (χ4n) is 2.81. The van der Waals surface area contributed by atoms with E-state index in [4.69, 9.17) is 18.6 Å². The van der Waals surface area contributed by atoms with Crippen molar-refractivity contribution in [3.8, 4) is 17.4 Å². The third-order valence-electron chi connectivity index (χ3n) is 4.15. The summed E-state index contributed by atoms with van der Waals surface area (Å²) >= 11 is 0. The van der Waals surface area contributed by atoms with Crippen LogP contribution in [0.1, 0.15) is 17.3 Å². The molecule has 0 N–H and O–H groups in total. The number of aromatic nitrogens is 4. The molecule has 4 rings (SSSR count). The lowest BCUT2D eigenvalue weighted by Gasteiger charge is -2.08. The van der Waals surface area contributed by atoms with E-state index >= 15 is 0 Å². The van der Waals surface area contributed by atoms with Crippen LogP contribution in [0.4, 0.5) is 0 Å². The average Bonchev–Trinajstić information content (AvgIpc) is 3.19. The molecule has 142 valence electrons. The minimum atomic E-state index is 0.125. The Labute approximate surface area is 161 Å². The second-order valence-corrected chi connectivity index (χ2v) is 5.94. The van der Waals surface area contributed by atoms with Crippen LogP contribution >= 0.6 is 0 Å². The molecule has 2 aromatic carbocycles. The van der Waals surface area contributed by atoms with Crippen LogP contribution in [0.25, 0.3) is 10.9 Å². The van der Waals surface area contributed by atoms with Crippen LogP contribution in [0, 0.1) is 0 Å². The van der Waals surface area contributed by atoms with Crippen LogP contribution in [0.2, 0.25) is 0 Å². The summed E-state index contributed by atoms with van der Waals surface area (Å²) in [5.74, 6) is 2.66. The van der Waals surface area contributed by atoms with Crippen LogP contribution in [0.15, 0.2) is 53.2 Å². The van der Waals surface area contributed by atoms with Crippen molar-refractivity contribution in [2.24, 2.45) is 0 Å². The number of rotatable bonds is 7. The zero-order chi connectivity index (χ0) is 19.3. The van der Waals surface area contributed by atoms with Gasteiger partial charge in [-0.15, -0.1) is 10.2 Å². The second-order valence-electron chi connectivity index (χ2n) is 5.94. The Bertz CT molecular complexity index is 1090. The highest BCUT2D eigenvalue weighted by Gasteiger charge is 2.12. The van der Waals surface area contributed by atoms with Crippen molar-refractivity contribution in [2.45, 2.75) is 13.0 Å². The van der Waals surface area contributed by atoms with E-state index in [1.54, 1.807) is 14.2 Å². The standard InChI is InChI=1S/C20H18N4O4/c1-25-16-8-7-13(9-17(16)26-2)10-18-23-24-19(28-18)11-27-20-14-5-3-4-6-15(14)21-12-22-20/h3-9,12H,10-11H2,1-2H3. The molecule has 0 aliphatic heterocycles. The Morgan fingerprint density at radius 2 is 1.71 bits per heavy atom. The van der Waals surface area contributed by atoms with Gasteiger partial charge in [-0.3, -0.25) is 0 Å². The summed E-state index contributed by atoms with van der Waals surface area (Å²) in [6, 6.07) is 13.3. The average molecular weight is 378 g/mol. The summed E-state index contributed by atoms with van der Waals surface area (Å²) in [6.45, 7) is 0.125. The van der Waals surface area contributed by atoms with Crippen molar-refractivity contribution in [1.82, 2.24) is 20.2 Å². The molecular weight excluding hydrogens is 360 g/mol. The molecule has 28 heavy (non-hydrogen) atoms. The summed E-state index contributed by atoms with van der Waals surface area (Å²) in [4.78, 5) is 8.40. The summed E-state index contributed by atoms with van der Waals surface area (Å²) in [6.07, 6.45) is 1.94. The number of ether oxygens (including phenoxy) is 3. The largest absolute Gasteiger partial charge is 0.493 e. The van der Waals surface area contributed by atoms with Crippen molar-refractivity contribution in [3.05, 3.63) is 66.1 Å². The molecule has 8 nitrogen and oxygen atoms in total. The first kappa shape index (κ1) is 17.7. The predicted octanol–water partition coefficient (Wildman–Crippen LogP) is 3.20. The van der Waals surface area contributed by atoms with E-state index in [0.717, 1.165) is 16.5 Å². The summed E-state index contributed by atoms with van der Waals surface area (Å²) in [7, 11) is 3.20. The maximum absolute atomic E-state index is 5.75. The zero-order valence-electron chi connectivity index (χ0n) is 15.5. The number of nitrogens with zero attached hydrogens (tertiary/aromatic N) is 4. The SMILES string of the molecule is COc1ccc(Cc2nnc(COc3ncnc4ccccc34)o2)cc1OC. The Balaban J connectivity index is 1.45. The normalized spacial score (nSPS) is 10.8. The van der Waals surface area contributed by atoms with E-state index in [0.29, 0.717) is 35.6 Å². The molecule has 0 aliphatic rings. The first-order valence-corrected chi connectivity index (χ1v) is 8.61. The van der Waals surface area contributed by atoms with Crippen LogP contribution in [-0.2, 0) is 13.0 Å². The number of hydrogen-bond donors (Lipinski definition) is 0. The molecule has 0 unspecified atom stereocenters. The smallest absolute Gasteiger partial charge is 0.253 e. The van der Waals surface area contributed by atoms with Gasteiger partial charge in [-0.1, -0.05) is 18.2 Å². The van der Waals surface area contributed by atoms with Crippen LogP contribution < -0.4 is 14.2 Å². The Morgan fingerprint density at radius 3 is 2.57 bits per heavy atom. The first-order chi connectivity index (χ1) is 13.8. The molecule has 0 aliphatic carbocycles. The molecule has 0 fully saturated rings. The van der Waals surface area contributed by atoms with Gasteiger partial charge >= 0.3 is 0 Å². The van der Waals surface area contributed by atoms with Gasteiger partial charge in [-0.25, -0.2) is 9.97 Å². The molecule has 2 heterocycles. The number of methoxy groups -OCH3 is 2. The molecule has 0 saturated heterocycles. The first-order valence-electron chi connectivity index (χ1n) is 8.61. The fraction of sp³-hybridized carbons (Fsp3) is 0.200. The van der Waals surface area contributed by atoms with E-state index in [2.05, 4.69) is 20.2 Å². The number of fused-ring (bicyclic) bond motifs is 1. The van der Waals surface area contributed by atoms with Crippen molar-refractivity contribution in [1.29, 1.82) is 0 Å². The Morgan fingerprint density at radius 1 is 0.893 bits per heavy atom. The molecule has 2 aromatic heterocycles. The lowest BCUT2D eigenvalue weighted by molar-refractivity contribution is 0.253. The highest BCUT2D eigenvalue weighted by atomic mass is 16.5. The molecule has 0 radical (unpaired) electrons. The molecule has 0 saturated carbocycles. The topological polar surface area (TPSA) is 92.4 Å². The van der Waals surface area contributed by atoms with Crippen molar-refractivity contribution >= 4 is 10.9 Å². The van der Waals surface area contributed by atoms with Gasteiger partial charge in [0.25, 0.3) is 5.89 Å². The van der Waals surface area contributed by atoms with Crippen molar-refractivity contribution < 1.29 is 18.6 Å². The van der Waals surface area contributed by atoms with Crippen LogP contribution in [-0.4, -0.2) is 34.4 Å². The number of para-hydroxylation sites is 1. The second kappa shape index (κ2) is 7.91. The van der Waals surface area contributed by atoms with Gasteiger partial charge in [-0.05, 0) is 29.8 Å². The molecule has 0 atom stereocenters. The minimum absolute atomic E-state index is 0.125. The van der Waals surface area contributed by atoms with Gasteiger partial charge < -0.3 is 18.6 Å². The third kappa shape index (κ3) is 3.71. The van der Waals surface area contributed by atoms with Crippen LogP contribution in [0.5, 0.6) is 17.4 Å². The minimum Gasteiger partial charge on any atom is -0.493 e. The summed E-state index contributed by atoms with van der Waals surface area (Å²) in [5.41, 5.74) is 1.78. The van der Waals surface area contributed by atoms with E-state index in [1.807, 2.05) is 42.5 Å². The molecule has 0 amide bonds. The van der Waals surface area contributed by atoms with Gasteiger partial charge in [0, 0.05) is 0 Å². The van der Waals surface area contributed by atoms with E-state index in [9.17, 15) is 0 Å². The highest BCUT2D eigenvalue weighted by Crippen LogP contribution is 2.28. The molecule has 8 heteroatoms. The van der Waals surface area contributed by atoms with E-state index < -0.39 is 0 Å². The summed E-state index contributed by atoms with van der Waals surface area (Å²) in [5, 5.41) is 8.95. The quantitative estimate of drug-likeness (QED) is 0.484. The molecule has 4 aromatic rings. The molecular formula is C20H18N4O4. The van der Waals surface area contributed by atoms with Gasteiger partial charge in [-0.2, -0.15) is 0 Å². The Hall–Kier alpha value is -3.68. The summed E-state index contributed by atoms with van der Waals surface area (Å²) < 4.78 is 22.0. The van der Waals surface area contributed by atoms with Crippen molar-refractivity contribution in [3.63, 3.8) is 0 Å². The van der Waals surface area contributed by atoms with E-state index in [-0.39, 0.29) is 6.61 Å². The molecule has 0 bridgehead atoms. The van der Waals surface area contributed by atoms with Crippen molar-refractivity contribution in [2.75, 3.05) is 14.2 Å². The fourth-order valence-corrected chi connectivity index (χ4v) is 2.81. The van der Waals surface area contributed by atoms with Gasteiger partial charge in [0.15, 0.2) is 18.1 Å². The third-order valence-corrected chi connectivity index (χ3v) is 4.15. The molecule has 0 spiro atoms. The van der Waals surface area contributed by atoms with E-state index in [1.165, 1.54) is 6.33 Å². The lowest BCUT2D eigenvalue weighted by Crippen LogP contribution is -1.99. The zero-order valence-corrected chi connectivity index (χ0v) is 15.5. The maximum Gasteiger partial charge on any atom is 0.253 e. The predicted molar refractivity (Wildman–Crippen MR) is 101 cm³/mol. The van der Waals surface area contributed by atoms with Gasteiger partial charge in [0.1, 0.15) is 6.33 Å². The van der Waals surface area contributed by atoms with Gasteiger partial charge in [0.2, 0.25) is 11.8 Å². The highest BCUT2D eigenvalue weighted by molar-refractivity contribution is 5.82. The Kier molecular flexibility index (Phi) is 5.01. The maximum atomic E-state index is 5.75. The van der Waals surface area contributed by atoms with Gasteiger partial charge in [0.05, 0.1) is 31.5 Å². The number of benzene rings is 2. The monoisotopic (exact) mass is 378 g/mol. The lowest BCUT2D eigenvalue weighted by atomic mass is 10.1. The number of hydrogen-bond acceptors (Lipinski definition) is 8. The van der Waals surface area contributed by atoms with Crippen LogP contribution in [0.3, 0.4) is 0 Å².